The molecule has 0 bridgehead atoms. The molecule has 1 saturated heterocycles. The fraction of sp³-hybridized carbons (Fsp3) is 0.500. The van der Waals surface area contributed by atoms with Gasteiger partial charge in [0.2, 0.25) is 5.91 Å². The van der Waals surface area contributed by atoms with Crippen LogP contribution in [0.4, 0.5) is 0 Å². The lowest BCUT2D eigenvalue weighted by molar-refractivity contribution is -0.133. The van der Waals surface area contributed by atoms with E-state index in [9.17, 15) is 4.79 Å². The molecule has 1 aliphatic carbocycles. The van der Waals surface area contributed by atoms with E-state index >= 15 is 0 Å². The van der Waals surface area contributed by atoms with E-state index in [0.717, 1.165) is 50.2 Å². The van der Waals surface area contributed by atoms with Gasteiger partial charge in [-0.25, -0.2) is 0 Å². The monoisotopic (exact) mass is 298 g/mol. The van der Waals surface area contributed by atoms with Crippen LogP contribution in [0, 0.1) is 5.92 Å². The molecule has 2 aliphatic rings. The van der Waals surface area contributed by atoms with E-state index in [1.54, 1.807) is 12.4 Å². The summed E-state index contributed by atoms with van der Waals surface area (Å²) in [5.74, 6) is 2.18. The van der Waals surface area contributed by atoms with Gasteiger partial charge in [-0.05, 0) is 37.8 Å². The second-order valence-electron chi connectivity index (χ2n) is 6.07. The molecule has 0 spiro atoms. The molecule has 0 aromatic carbocycles. The third kappa shape index (κ3) is 2.61. The van der Waals surface area contributed by atoms with Crippen molar-refractivity contribution in [3.8, 4) is 11.5 Å². The number of carbonyl (C=O) groups excluding carboxylic acids is 1. The predicted molar refractivity (Wildman–Crippen MR) is 78.8 cm³/mol. The van der Waals surface area contributed by atoms with E-state index in [4.69, 9.17) is 4.52 Å². The molecule has 0 unspecified atom stereocenters. The molecule has 2 aromatic rings. The molecule has 0 radical (unpaired) electrons. The first-order chi connectivity index (χ1) is 10.8. The molecule has 3 heterocycles. The van der Waals surface area contributed by atoms with E-state index in [1.807, 2.05) is 17.0 Å². The standard InChI is InChI=1S/C16H18N4O2/c21-16(12-3-4-12)20-8-5-11(6-9-20)14-18-15(22-19-14)13-2-1-7-17-10-13/h1-2,7,10-12H,3-6,8-9H2. The van der Waals surface area contributed by atoms with Gasteiger partial charge in [0.15, 0.2) is 5.82 Å². The highest BCUT2D eigenvalue weighted by atomic mass is 16.5. The normalized spacial score (nSPS) is 19.4. The molecule has 6 heteroatoms. The number of piperidine rings is 1. The molecule has 6 nitrogen and oxygen atoms in total. The van der Waals surface area contributed by atoms with Gasteiger partial charge in [-0.15, -0.1) is 0 Å². The summed E-state index contributed by atoms with van der Waals surface area (Å²) in [5.41, 5.74) is 0.836. The van der Waals surface area contributed by atoms with Crippen molar-refractivity contribution in [2.24, 2.45) is 5.92 Å². The smallest absolute Gasteiger partial charge is 0.259 e. The Kier molecular flexibility index (Phi) is 3.36. The number of amides is 1. The van der Waals surface area contributed by atoms with Crippen molar-refractivity contribution in [2.75, 3.05) is 13.1 Å². The van der Waals surface area contributed by atoms with Crippen molar-refractivity contribution in [3.63, 3.8) is 0 Å². The summed E-state index contributed by atoms with van der Waals surface area (Å²) in [7, 11) is 0. The first-order valence-corrected chi connectivity index (χ1v) is 7.84. The second kappa shape index (κ2) is 5.51. The van der Waals surface area contributed by atoms with E-state index < -0.39 is 0 Å². The van der Waals surface area contributed by atoms with E-state index in [1.165, 1.54) is 0 Å². The van der Waals surface area contributed by atoms with E-state index in [-0.39, 0.29) is 5.92 Å². The number of rotatable bonds is 3. The molecular formula is C16H18N4O2. The average Bonchev–Trinajstić information content (AvgIpc) is 3.32. The summed E-state index contributed by atoms with van der Waals surface area (Å²) in [6, 6.07) is 3.75. The van der Waals surface area contributed by atoms with Crippen molar-refractivity contribution in [1.82, 2.24) is 20.0 Å². The maximum absolute atomic E-state index is 12.1. The van der Waals surface area contributed by atoms with Crippen LogP contribution >= 0.6 is 0 Å². The van der Waals surface area contributed by atoms with Crippen molar-refractivity contribution in [3.05, 3.63) is 30.4 Å². The minimum atomic E-state index is 0.275. The highest BCUT2D eigenvalue weighted by molar-refractivity contribution is 5.81. The molecule has 0 atom stereocenters. The van der Waals surface area contributed by atoms with Gasteiger partial charge >= 0.3 is 0 Å². The lowest BCUT2D eigenvalue weighted by Crippen LogP contribution is -2.38. The fourth-order valence-electron chi connectivity index (χ4n) is 2.95. The van der Waals surface area contributed by atoms with Crippen LogP contribution in [-0.2, 0) is 4.79 Å². The molecule has 4 rings (SSSR count). The Hall–Kier alpha value is -2.24. The summed E-state index contributed by atoms with van der Waals surface area (Å²) < 4.78 is 5.34. The topological polar surface area (TPSA) is 72.1 Å². The number of pyridine rings is 1. The summed E-state index contributed by atoms with van der Waals surface area (Å²) in [6.07, 6.45) is 7.38. The van der Waals surface area contributed by atoms with Gasteiger partial charge in [0.05, 0.1) is 5.56 Å². The van der Waals surface area contributed by atoms with Crippen LogP contribution < -0.4 is 0 Å². The number of aromatic nitrogens is 3. The van der Waals surface area contributed by atoms with Crippen LogP contribution in [-0.4, -0.2) is 39.0 Å². The van der Waals surface area contributed by atoms with Crippen molar-refractivity contribution in [2.45, 2.75) is 31.6 Å². The Labute approximate surface area is 128 Å². The minimum absolute atomic E-state index is 0.275. The lowest BCUT2D eigenvalue weighted by Gasteiger charge is -2.30. The Morgan fingerprint density at radius 1 is 1.23 bits per heavy atom. The van der Waals surface area contributed by atoms with Gasteiger partial charge < -0.3 is 9.42 Å². The number of hydrogen-bond acceptors (Lipinski definition) is 5. The Morgan fingerprint density at radius 3 is 2.73 bits per heavy atom. The maximum atomic E-state index is 12.1. The molecule has 1 aliphatic heterocycles. The zero-order valence-corrected chi connectivity index (χ0v) is 12.3. The number of likely N-dealkylation sites (tertiary alicyclic amines) is 1. The SMILES string of the molecule is O=C(C1CC1)N1CCC(c2noc(-c3cccnc3)n2)CC1. The van der Waals surface area contributed by atoms with Crippen molar-refractivity contribution < 1.29 is 9.32 Å². The second-order valence-corrected chi connectivity index (χ2v) is 6.07. The third-order valence-electron chi connectivity index (χ3n) is 4.45. The largest absolute Gasteiger partial charge is 0.342 e. The highest BCUT2D eigenvalue weighted by Gasteiger charge is 2.35. The first-order valence-electron chi connectivity index (χ1n) is 7.84. The van der Waals surface area contributed by atoms with Crippen LogP contribution in [0.15, 0.2) is 29.0 Å². The Morgan fingerprint density at radius 2 is 2.05 bits per heavy atom. The zero-order chi connectivity index (χ0) is 14.9. The molecule has 22 heavy (non-hydrogen) atoms. The molecule has 1 amide bonds. The van der Waals surface area contributed by atoms with Gasteiger partial charge in [-0.2, -0.15) is 4.98 Å². The molecule has 0 N–H and O–H groups in total. The number of nitrogens with zero attached hydrogens (tertiary/aromatic N) is 4. The number of hydrogen-bond donors (Lipinski definition) is 0. The van der Waals surface area contributed by atoms with Gasteiger partial charge in [0.25, 0.3) is 5.89 Å². The predicted octanol–water partition coefficient (Wildman–Crippen LogP) is 2.25. The van der Waals surface area contributed by atoms with E-state index in [0.29, 0.717) is 17.7 Å². The molecule has 2 fully saturated rings. The van der Waals surface area contributed by atoms with Crippen LogP contribution in [0.1, 0.15) is 37.4 Å². The molecular weight excluding hydrogens is 280 g/mol. The average molecular weight is 298 g/mol. The van der Waals surface area contributed by atoms with E-state index in [2.05, 4.69) is 15.1 Å². The van der Waals surface area contributed by atoms with Crippen LogP contribution in [0.3, 0.4) is 0 Å². The Bertz CT molecular complexity index is 658. The molecule has 114 valence electrons. The van der Waals surface area contributed by atoms with Crippen molar-refractivity contribution in [1.29, 1.82) is 0 Å². The van der Waals surface area contributed by atoms with Crippen molar-refractivity contribution >= 4 is 5.91 Å². The van der Waals surface area contributed by atoms with Crippen LogP contribution in [0.25, 0.3) is 11.5 Å². The lowest BCUT2D eigenvalue weighted by atomic mass is 9.96. The fourth-order valence-corrected chi connectivity index (χ4v) is 2.95. The third-order valence-corrected chi connectivity index (χ3v) is 4.45. The first kappa shape index (κ1) is 13.4. The summed E-state index contributed by atoms with van der Waals surface area (Å²) >= 11 is 0. The van der Waals surface area contributed by atoms with Gasteiger partial charge in [-0.1, -0.05) is 5.16 Å². The van der Waals surface area contributed by atoms with Gasteiger partial charge in [-0.3, -0.25) is 9.78 Å². The summed E-state index contributed by atoms with van der Waals surface area (Å²) in [6.45, 7) is 1.60. The maximum Gasteiger partial charge on any atom is 0.259 e. The quantitative estimate of drug-likeness (QED) is 0.869. The molecule has 1 saturated carbocycles. The minimum Gasteiger partial charge on any atom is -0.342 e. The highest BCUT2D eigenvalue weighted by Crippen LogP contribution is 2.34. The van der Waals surface area contributed by atoms with Gasteiger partial charge in [0.1, 0.15) is 0 Å². The molecule has 2 aromatic heterocycles. The van der Waals surface area contributed by atoms with Gasteiger partial charge in [0, 0.05) is 37.3 Å². The Balaban J connectivity index is 1.41. The summed E-state index contributed by atoms with van der Waals surface area (Å²) in [5, 5.41) is 4.12. The van der Waals surface area contributed by atoms with Crippen LogP contribution in [0.5, 0.6) is 0 Å². The van der Waals surface area contributed by atoms with Crippen LogP contribution in [0.2, 0.25) is 0 Å². The zero-order valence-electron chi connectivity index (χ0n) is 12.3. The summed E-state index contributed by atoms with van der Waals surface area (Å²) in [4.78, 5) is 22.6. The number of carbonyl (C=O) groups is 1.